The topological polar surface area (TPSA) is 58.9 Å². The molecule has 0 bridgehead atoms. The van der Waals surface area contributed by atoms with Crippen LogP contribution in [0.15, 0.2) is 18.2 Å². The Bertz CT molecular complexity index is 285. The Hall–Kier alpha value is -1.26. The van der Waals surface area contributed by atoms with Crippen molar-refractivity contribution in [3.05, 3.63) is 23.8 Å². The fraction of sp³-hybridized carbons (Fsp3) is 0.400. The van der Waals surface area contributed by atoms with Gasteiger partial charge in [0.15, 0.2) is 11.5 Å². The van der Waals surface area contributed by atoms with Gasteiger partial charge in [-0.2, -0.15) is 0 Å². The predicted molar refractivity (Wildman–Crippen MR) is 51.4 cm³/mol. The van der Waals surface area contributed by atoms with Crippen LogP contribution in [0.25, 0.3) is 0 Å². The van der Waals surface area contributed by atoms with Crippen LogP contribution in [0.1, 0.15) is 5.56 Å². The molecular weight excluding hydrogens is 184 g/mol. The SMILES string of the molecule is COc1cc(COCCO)ccc1O. The van der Waals surface area contributed by atoms with E-state index in [2.05, 4.69) is 0 Å². The van der Waals surface area contributed by atoms with Gasteiger partial charge in [-0.25, -0.2) is 0 Å². The molecule has 0 spiro atoms. The van der Waals surface area contributed by atoms with Gasteiger partial charge in [0, 0.05) is 0 Å². The molecule has 4 nitrogen and oxygen atoms in total. The predicted octanol–water partition coefficient (Wildman–Crippen LogP) is 0.910. The highest BCUT2D eigenvalue weighted by atomic mass is 16.5. The Labute approximate surface area is 82.7 Å². The zero-order chi connectivity index (χ0) is 10.4. The first-order valence-corrected chi connectivity index (χ1v) is 4.32. The number of phenols is 1. The first kappa shape index (κ1) is 10.8. The molecule has 1 aromatic rings. The van der Waals surface area contributed by atoms with Gasteiger partial charge in [-0.3, -0.25) is 0 Å². The van der Waals surface area contributed by atoms with Gasteiger partial charge in [0.2, 0.25) is 0 Å². The Balaban J connectivity index is 2.60. The number of methoxy groups -OCH3 is 1. The van der Waals surface area contributed by atoms with E-state index in [1.54, 1.807) is 18.2 Å². The van der Waals surface area contributed by atoms with E-state index in [0.717, 1.165) is 5.56 Å². The molecule has 14 heavy (non-hydrogen) atoms. The van der Waals surface area contributed by atoms with Crippen LogP contribution in [0.2, 0.25) is 0 Å². The van der Waals surface area contributed by atoms with Gasteiger partial charge in [0.05, 0.1) is 26.9 Å². The summed E-state index contributed by atoms with van der Waals surface area (Å²) < 4.78 is 10.1. The molecule has 0 unspecified atom stereocenters. The number of hydrogen-bond acceptors (Lipinski definition) is 4. The summed E-state index contributed by atoms with van der Waals surface area (Å²) in [5.41, 5.74) is 0.896. The number of aliphatic hydroxyl groups is 1. The van der Waals surface area contributed by atoms with Crippen molar-refractivity contribution in [3.8, 4) is 11.5 Å². The maximum absolute atomic E-state index is 9.30. The van der Waals surface area contributed by atoms with E-state index in [4.69, 9.17) is 14.6 Å². The third-order valence-corrected chi connectivity index (χ3v) is 1.75. The summed E-state index contributed by atoms with van der Waals surface area (Å²) in [5.74, 6) is 0.536. The number of benzene rings is 1. The van der Waals surface area contributed by atoms with Crippen LogP contribution < -0.4 is 4.74 Å². The lowest BCUT2D eigenvalue weighted by molar-refractivity contribution is 0.0814. The van der Waals surface area contributed by atoms with E-state index in [0.29, 0.717) is 19.0 Å². The number of aromatic hydroxyl groups is 1. The lowest BCUT2D eigenvalue weighted by Gasteiger charge is -2.06. The molecule has 78 valence electrons. The molecule has 0 aromatic heterocycles. The molecule has 0 amide bonds. The molecular formula is C10H14O4. The maximum Gasteiger partial charge on any atom is 0.160 e. The van der Waals surface area contributed by atoms with Crippen molar-refractivity contribution in [2.45, 2.75) is 6.61 Å². The van der Waals surface area contributed by atoms with Crippen molar-refractivity contribution in [2.24, 2.45) is 0 Å². The monoisotopic (exact) mass is 198 g/mol. The molecule has 0 saturated heterocycles. The largest absolute Gasteiger partial charge is 0.504 e. The Morgan fingerprint density at radius 1 is 1.36 bits per heavy atom. The fourth-order valence-electron chi connectivity index (χ4n) is 1.07. The standard InChI is InChI=1S/C10H14O4/c1-13-10-6-8(2-3-9(10)12)7-14-5-4-11/h2-3,6,11-12H,4-5,7H2,1H3. The summed E-state index contributed by atoms with van der Waals surface area (Å²) in [6.07, 6.45) is 0. The molecule has 0 saturated carbocycles. The van der Waals surface area contributed by atoms with Crippen molar-refractivity contribution in [2.75, 3.05) is 20.3 Å². The number of rotatable bonds is 5. The van der Waals surface area contributed by atoms with Gasteiger partial charge in [-0.15, -0.1) is 0 Å². The van der Waals surface area contributed by atoms with Gasteiger partial charge in [-0.1, -0.05) is 6.07 Å². The molecule has 0 fully saturated rings. The third-order valence-electron chi connectivity index (χ3n) is 1.75. The summed E-state index contributed by atoms with van der Waals surface area (Å²) >= 11 is 0. The molecule has 1 rings (SSSR count). The fourth-order valence-corrected chi connectivity index (χ4v) is 1.07. The second kappa shape index (κ2) is 5.47. The molecule has 0 atom stereocenters. The second-order valence-corrected chi connectivity index (χ2v) is 2.78. The van der Waals surface area contributed by atoms with Gasteiger partial charge in [0.25, 0.3) is 0 Å². The zero-order valence-electron chi connectivity index (χ0n) is 8.06. The molecule has 0 heterocycles. The minimum Gasteiger partial charge on any atom is -0.504 e. The number of hydrogen-bond donors (Lipinski definition) is 2. The highest BCUT2D eigenvalue weighted by Crippen LogP contribution is 2.26. The number of aliphatic hydroxyl groups excluding tert-OH is 1. The van der Waals surface area contributed by atoms with Crippen LogP contribution >= 0.6 is 0 Å². The molecule has 4 heteroatoms. The summed E-state index contributed by atoms with van der Waals surface area (Å²) in [6, 6.07) is 5.00. The molecule has 2 N–H and O–H groups in total. The summed E-state index contributed by atoms with van der Waals surface area (Å²) in [4.78, 5) is 0. The van der Waals surface area contributed by atoms with Crippen molar-refractivity contribution >= 4 is 0 Å². The zero-order valence-corrected chi connectivity index (χ0v) is 8.06. The lowest BCUT2D eigenvalue weighted by atomic mass is 10.2. The van der Waals surface area contributed by atoms with Crippen molar-refractivity contribution in [1.82, 2.24) is 0 Å². The van der Waals surface area contributed by atoms with Crippen LogP contribution in [-0.2, 0) is 11.3 Å². The Morgan fingerprint density at radius 3 is 2.79 bits per heavy atom. The summed E-state index contributed by atoms with van der Waals surface area (Å²) in [6.45, 7) is 0.718. The van der Waals surface area contributed by atoms with Gasteiger partial charge in [-0.05, 0) is 17.7 Å². The quantitative estimate of drug-likeness (QED) is 0.690. The average Bonchev–Trinajstić information content (AvgIpc) is 2.21. The lowest BCUT2D eigenvalue weighted by Crippen LogP contribution is -1.99. The van der Waals surface area contributed by atoms with Crippen LogP contribution in [0.4, 0.5) is 0 Å². The minimum absolute atomic E-state index is 0.00915. The van der Waals surface area contributed by atoms with Gasteiger partial charge in [0.1, 0.15) is 0 Å². The van der Waals surface area contributed by atoms with E-state index in [-0.39, 0.29) is 12.4 Å². The summed E-state index contributed by atoms with van der Waals surface area (Å²) in [7, 11) is 1.49. The highest BCUT2D eigenvalue weighted by Gasteiger charge is 2.02. The van der Waals surface area contributed by atoms with E-state index in [1.165, 1.54) is 7.11 Å². The van der Waals surface area contributed by atoms with Crippen molar-refractivity contribution in [3.63, 3.8) is 0 Å². The van der Waals surface area contributed by atoms with E-state index >= 15 is 0 Å². The van der Waals surface area contributed by atoms with Crippen LogP contribution in [0, 0.1) is 0 Å². The minimum atomic E-state index is 0.00915. The molecule has 0 radical (unpaired) electrons. The molecule has 1 aromatic carbocycles. The third kappa shape index (κ3) is 2.90. The number of phenolic OH excluding ortho intramolecular Hbond substituents is 1. The van der Waals surface area contributed by atoms with E-state index in [1.807, 2.05) is 0 Å². The number of ether oxygens (including phenoxy) is 2. The molecule has 0 aliphatic carbocycles. The summed E-state index contributed by atoms with van der Waals surface area (Å²) in [5, 5.41) is 17.8. The normalized spacial score (nSPS) is 10.1. The first-order valence-electron chi connectivity index (χ1n) is 4.32. The van der Waals surface area contributed by atoms with Crippen LogP contribution in [0.5, 0.6) is 11.5 Å². The van der Waals surface area contributed by atoms with Gasteiger partial charge >= 0.3 is 0 Å². The van der Waals surface area contributed by atoms with Crippen molar-refractivity contribution < 1.29 is 19.7 Å². The Kier molecular flexibility index (Phi) is 4.22. The smallest absolute Gasteiger partial charge is 0.160 e. The highest BCUT2D eigenvalue weighted by molar-refractivity contribution is 5.41. The average molecular weight is 198 g/mol. The van der Waals surface area contributed by atoms with E-state index < -0.39 is 0 Å². The molecule has 0 aliphatic rings. The van der Waals surface area contributed by atoms with Gasteiger partial charge < -0.3 is 19.7 Å². The molecule has 0 aliphatic heterocycles. The van der Waals surface area contributed by atoms with Crippen molar-refractivity contribution in [1.29, 1.82) is 0 Å². The first-order chi connectivity index (χ1) is 6.77. The Morgan fingerprint density at radius 2 is 2.14 bits per heavy atom. The maximum atomic E-state index is 9.30. The van der Waals surface area contributed by atoms with Crippen LogP contribution in [0.3, 0.4) is 0 Å². The second-order valence-electron chi connectivity index (χ2n) is 2.78. The van der Waals surface area contributed by atoms with Crippen LogP contribution in [-0.4, -0.2) is 30.5 Å². The van der Waals surface area contributed by atoms with E-state index in [9.17, 15) is 5.11 Å².